The normalized spacial score (nSPS) is 10.4. The van der Waals surface area contributed by atoms with Crippen LogP contribution in [0, 0.1) is 0 Å². The lowest BCUT2D eigenvalue weighted by Gasteiger charge is -2.01. The Morgan fingerprint density at radius 3 is 2.75 bits per heavy atom. The van der Waals surface area contributed by atoms with Crippen LogP contribution in [-0.4, -0.2) is 23.9 Å². The maximum absolute atomic E-state index is 11.4. The molecule has 0 spiro atoms. The standard InChI is InChI=1S/C12H11NO3/c1-8(15)13-6-9(7-14)11-5-10(16-2)3-4-12(11)13/h3-7H,1-2H3. The van der Waals surface area contributed by atoms with Crippen molar-refractivity contribution in [2.75, 3.05) is 7.11 Å². The van der Waals surface area contributed by atoms with E-state index in [0.717, 1.165) is 17.2 Å². The van der Waals surface area contributed by atoms with Gasteiger partial charge < -0.3 is 4.74 Å². The van der Waals surface area contributed by atoms with Crippen molar-refractivity contribution < 1.29 is 14.3 Å². The van der Waals surface area contributed by atoms with E-state index >= 15 is 0 Å². The van der Waals surface area contributed by atoms with E-state index in [1.807, 2.05) is 0 Å². The highest BCUT2D eigenvalue weighted by Crippen LogP contribution is 2.24. The fourth-order valence-electron chi connectivity index (χ4n) is 1.72. The molecule has 0 aliphatic carbocycles. The molecule has 2 aromatic rings. The number of aldehydes is 1. The molecule has 0 N–H and O–H groups in total. The summed E-state index contributed by atoms with van der Waals surface area (Å²) in [5.74, 6) is 0.542. The zero-order valence-electron chi connectivity index (χ0n) is 9.06. The largest absolute Gasteiger partial charge is 0.497 e. The van der Waals surface area contributed by atoms with Crippen molar-refractivity contribution in [1.82, 2.24) is 4.57 Å². The number of nitrogens with zero attached hydrogens (tertiary/aromatic N) is 1. The molecule has 0 radical (unpaired) electrons. The Hall–Kier alpha value is -2.10. The van der Waals surface area contributed by atoms with Gasteiger partial charge in [-0.2, -0.15) is 0 Å². The van der Waals surface area contributed by atoms with E-state index < -0.39 is 0 Å². The third-order valence-electron chi connectivity index (χ3n) is 2.51. The molecule has 0 atom stereocenters. The number of fused-ring (bicyclic) bond motifs is 1. The van der Waals surface area contributed by atoms with E-state index in [2.05, 4.69) is 0 Å². The van der Waals surface area contributed by atoms with Crippen LogP contribution in [0.25, 0.3) is 10.9 Å². The molecule has 1 heterocycles. The zero-order valence-corrected chi connectivity index (χ0v) is 9.06. The lowest BCUT2D eigenvalue weighted by atomic mass is 10.2. The third kappa shape index (κ3) is 1.48. The van der Waals surface area contributed by atoms with Crippen molar-refractivity contribution in [2.24, 2.45) is 0 Å². The van der Waals surface area contributed by atoms with Gasteiger partial charge in [0.1, 0.15) is 5.75 Å². The first-order valence-corrected chi connectivity index (χ1v) is 4.82. The second-order valence-electron chi connectivity index (χ2n) is 3.47. The molecule has 2 rings (SSSR count). The van der Waals surface area contributed by atoms with E-state index in [0.29, 0.717) is 11.3 Å². The molecule has 4 heteroatoms. The summed E-state index contributed by atoms with van der Waals surface area (Å²) in [6, 6.07) is 5.28. The number of benzene rings is 1. The first-order chi connectivity index (χ1) is 7.67. The van der Waals surface area contributed by atoms with Crippen molar-refractivity contribution >= 4 is 23.1 Å². The van der Waals surface area contributed by atoms with Crippen molar-refractivity contribution in [1.29, 1.82) is 0 Å². The molecule has 1 aromatic carbocycles. The SMILES string of the molecule is COc1ccc2c(c1)c(C=O)cn2C(C)=O. The minimum atomic E-state index is -0.122. The quantitative estimate of drug-likeness (QED) is 0.724. The molecule has 0 saturated heterocycles. The van der Waals surface area contributed by atoms with Crippen molar-refractivity contribution in [3.8, 4) is 5.75 Å². The molecular formula is C12H11NO3. The lowest BCUT2D eigenvalue weighted by molar-refractivity contribution is 0.0941. The highest BCUT2D eigenvalue weighted by Gasteiger charge is 2.11. The van der Waals surface area contributed by atoms with Gasteiger partial charge in [0.05, 0.1) is 12.6 Å². The van der Waals surface area contributed by atoms with E-state index in [9.17, 15) is 9.59 Å². The highest BCUT2D eigenvalue weighted by molar-refractivity contribution is 6.02. The molecule has 0 aliphatic heterocycles. The first-order valence-electron chi connectivity index (χ1n) is 4.82. The third-order valence-corrected chi connectivity index (χ3v) is 2.51. The van der Waals surface area contributed by atoms with Crippen LogP contribution in [-0.2, 0) is 0 Å². The van der Waals surface area contributed by atoms with Gasteiger partial charge in [0, 0.05) is 24.1 Å². The Kier molecular flexibility index (Phi) is 2.48. The van der Waals surface area contributed by atoms with Gasteiger partial charge >= 0.3 is 0 Å². The summed E-state index contributed by atoms with van der Waals surface area (Å²) in [4.78, 5) is 22.2. The first kappa shape index (κ1) is 10.4. The summed E-state index contributed by atoms with van der Waals surface area (Å²) in [6.45, 7) is 1.46. The van der Waals surface area contributed by atoms with Crippen LogP contribution in [0.15, 0.2) is 24.4 Å². The molecular weight excluding hydrogens is 206 g/mol. The molecule has 0 unspecified atom stereocenters. The number of methoxy groups -OCH3 is 1. The maximum Gasteiger partial charge on any atom is 0.227 e. The predicted molar refractivity (Wildman–Crippen MR) is 60.2 cm³/mol. The van der Waals surface area contributed by atoms with E-state index in [4.69, 9.17) is 4.74 Å². The minimum absolute atomic E-state index is 0.122. The van der Waals surface area contributed by atoms with Crippen molar-refractivity contribution in [3.63, 3.8) is 0 Å². The van der Waals surface area contributed by atoms with Gasteiger partial charge in [-0.3, -0.25) is 14.2 Å². The molecule has 16 heavy (non-hydrogen) atoms. The number of ether oxygens (including phenoxy) is 1. The summed E-state index contributed by atoms with van der Waals surface area (Å²) in [5.41, 5.74) is 1.21. The number of carbonyl (C=O) groups is 2. The van der Waals surface area contributed by atoms with Crippen LogP contribution in [0.1, 0.15) is 22.1 Å². The smallest absolute Gasteiger partial charge is 0.227 e. The maximum atomic E-state index is 11.4. The summed E-state index contributed by atoms with van der Waals surface area (Å²) in [6.07, 6.45) is 2.28. The Bertz CT molecular complexity index is 569. The van der Waals surface area contributed by atoms with Gasteiger partial charge in [-0.15, -0.1) is 0 Å². The van der Waals surface area contributed by atoms with E-state index in [1.165, 1.54) is 11.5 Å². The van der Waals surface area contributed by atoms with E-state index in [1.54, 1.807) is 31.5 Å². The number of hydrogen-bond acceptors (Lipinski definition) is 3. The molecule has 82 valence electrons. The summed E-state index contributed by atoms with van der Waals surface area (Å²) in [5, 5.41) is 0.726. The van der Waals surface area contributed by atoms with Crippen LogP contribution in [0.3, 0.4) is 0 Å². The molecule has 0 fully saturated rings. The van der Waals surface area contributed by atoms with Gasteiger partial charge in [0.2, 0.25) is 5.91 Å². The highest BCUT2D eigenvalue weighted by atomic mass is 16.5. The minimum Gasteiger partial charge on any atom is -0.497 e. The Morgan fingerprint density at radius 2 is 2.19 bits per heavy atom. The molecule has 4 nitrogen and oxygen atoms in total. The fraction of sp³-hybridized carbons (Fsp3) is 0.167. The Morgan fingerprint density at radius 1 is 1.44 bits per heavy atom. The van der Waals surface area contributed by atoms with Gasteiger partial charge in [-0.25, -0.2) is 0 Å². The topological polar surface area (TPSA) is 48.3 Å². The monoisotopic (exact) mass is 217 g/mol. The van der Waals surface area contributed by atoms with Crippen LogP contribution in [0.4, 0.5) is 0 Å². The average molecular weight is 217 g/mol. The summed E-state index contributed by atoms with van der Waals surface area (Å²) >= 11 is 0. The summed E-state index contributed by atoms with van der Waals surface area (Å²) in [7, 11) is 1.56. The van der Waals surface area contributed by atoms with Gasteiger partial charge in [-0.05, 0) is 18.2 Å². The second kappa shape index (κ2) is 3.81. The predicted octanol–water partition coefficient (Wildman–Crippen LogP) is 2.12. The number of rotatable bonds is 2. The number of aromatic nitrogens is 1. The molecule has 1 aromatic heterocycles. The van der Waals surface area contributed by atoms with Crippen LogP contribution < -0.4 is 4.74 Å². The van der Waals surface area contributed by atoms with Gasteiger partial charge in [-0.1, -0.05) is 0 Å². The Labute approximate surface area is 92.4 Å². The van der Waals surface area contributed by atoms with Crippen LogP contribution in [0.5, 0.6) is 5.75 Å². The fourth-order valence-corrected chi connectivity index (χ4v) is 1.72. The van der Waals surface area contributed by atoms with E-state index in [-0.39, 0.29) is 5.91 Å². The second-order valence-corrected chi connectivity index (χ2v) is 3.47. The van der Waals surface area contributed by atoms with Crippen molar-refractivity contribution in [2.45, 2.75) is 6.92 Å². The average Bonchev–Trinajstić information content (AvgIpc) is 2.66. The van der Waals surface area contributed by atoms with Gasteiger partial charge in [0.25, 0.3) is 0 Å². The molecule has 0 amide bonds. The number of carbonyl (C=O) groups excluding carboxylic acids is 2. The van der Waals surface area contributed by atoms with Gasteiger partial charge in [0.15, 0.2) is 6.29 Å². The summed E-state index contributed by atoms with van der Waals surface area (Å²) < 4.78 is 6.54. The number of hydrogen-bond donors (Lipinski definition) is 0. The zero-order chi connectivity index (χ0) is 11.7. The molecule has 0 aliphatic rings. The lowest BCUT2D eigenvalue weighted by Crippen LogP contribution is -2.02. The van der Waals surface area contributed by atoms with Crippen LogP contribution >= 0.6 is 0 Å². The van der Waals surface area contributed by atoms with Crippen molar-refractivity contribution in [3.05, 3.63) is 30.0 Å². The molecule has 0 bridgehead atoms. The Balaban J connectivity index is 2.79. The molecule has 0 saturated carbocycles. The van der Waals surface area contributed by atoms with Crippen LogP contribution in [0.2, 0.25) is 0 Å².